The number of carbonyl (C=O) groups is 2. The minimum atomic E-state index is -0.749. The smallest absolute Gasteiger partial charge is 0.306 e. The summed E-state index contributed by atoms with van der Waals surface area (Å²) in [6.07, 6.45) is 7.47. The molecule has 0 spiro atoms. The molecule has 3 aromatic rings. The Hall–Kier alpha value is -3.57. The highest BCUT2D eigenvalue weighted by Crippen LogP contribution is 2.37. The van der Waals surface area contributed by atoms with Crippen LogP contribution in [0.4, 0.5) is 10.9 Å². The lowest BCUT2D eigenvalue weighted by Crippen LogP contribution is -2.36. The highest BCUT2D eigenvalue weighted by molar-refractivity contribution is 7.16. The Bertz CT molecular complexity index is 1370. The normalized spacial score (nSPS) is 19.6. The fraction of sp³-hybridized carbons (Fsp3) is 0.464. The first-order valence-electron chi connectivity index (χ1n) is 13.6. The van der Waals surface area contributed by atoms with Crippen LogP contribution in [0.1, 0.15) is 53.5 Å². The number of nitrogens with one attached hydrogen (secondary N) is 1. The Morgan fingerprint density at radius 3 is 2.72 bits per heavy atom. The molecule has 2 aromatic heterocycles. The van der Waals surface area contributed by atoms with E-state index in [-0.39, 0.29) is 17.5 Å². The lowest BCUT2D eigenvalue weighted by Gasteiger charge is -2.30. The Balaban J connectivity index is 1.19. The third kappa shape index (κ3) is 5.46. The molecule has 1 amide bonds. The average Bonchev–Trinajstić information content (AvgIpc) is 3.69. The summed E-state index contributed by atoms with van der Waals surface area (Å²) in [6.45, 7) is 6.03. The molecule has 3 aliphatic heterocycles. The third-order valence-corrected chi connectivity index (χ3v) is 8.91. The van der Waals surface area contributed by atoms with Crippen molar-refractivity contribution in [1.29, 1.82) is 0 Å². The molecule has 10 nitrogen and oxygen atoms in total. The van der Waals surface area contributed by atoms with Gasteiger partial charge in [-0.1, -0.05) is 11.3 Å². The predicted molar refractivity (Wildman–Crippen MR) is 148 cm³/mol. The number of carbonyl (C=O) groups excluding carboxylic acids is 1. The summed E-state index contributed by atoms with van der Waals surface area (Å²) in [4.78, 5) is 43.5. The van der Waals surface area contributed by atoms with E-state index in [1.165, 1.54) is 35.9 Å². The third-order valence-electron chi connectivity index (χ3n) is 7.96. The maximum Gasteiger partial charge on any atom is 0.306 e. The fourth-order valence-electron chi connectivity index (χ4n) is 5.60. The van der Waals surface area contributed by atoms with Crippen LogP contribution in [0.3, 0.4) is 0 Å². The van der Waals surface area contributed by atoms with Crippen molar-refractivity contribution in [3.63, 3.8) is 0 Å². The second kappa shape index (κ2) is 10.9. The summed E-state index contributed by atoms with van der Waals surface area (Å²) < 4.78 is 5.69. The van der Waals surface area contributed by atoms with Gasteiger partial charge in [-0.2, -0.15) is 0 Å². The van der Waals surface area contributed by atoms with Crippen LogP contribution >= 0.6 is 11.3 Å². The van der Waals surface area contributed by atoms with Gasteiger partial charge in [0, 0.05) is 42.5 Å². The van der Waals surface area contributed by atoms with Gasteiger partial charge in [0.2, 0.25) is 0 Å². The Kier molecular flexibility index (Phi) is 7.18. The number of aromatic nitrogens is 3. The van der Waals surface area contributed by atoms with Gasteiger partial charge >= 0.3 is 5.97 Å². The number of amides is 1. The summed E-state index contributed by atoms with van der Waals surface area (Å²) in [5.74, 6) is 0.162. The number of carboxylic acids is 1. The van der Waals surface area contributed by atoms with E-state index < -0.39 is 5.97 Å². The van der Waals surface area contributed by atoms with Crippen LogP contribution in [0.5, 0.6) is 5.75 Å². The summed E-state index contributed by atoms with van der Waals surface area (Å²) in [5.41, 5.74) is 3.33. The van der Waals surface area contributed by atoms with E-state index in [1.54, 1.807) is 6.20 Å². The minimum absolute atomic E-state index is 0.209. The van der Waals surface area contributed by atoms with Crippen molar-refractivity contribution in [3.05, 3.63) is 46.7 Å². The van der Waals surface area contributed by atoms with Crippen molar-refractivity contribution in [2.45, 2.75) is 51.6 Å². The number of likely N-dealkylation sites (tertiary alicyclic amines) is 1. The first-order chi connectivity index (χ1) is 18.9. The highest BCUT2D eigenvalue weighted by Gasteiger charge is 2.27. The van der Waals surface area contributed by atoms with Crippen LogP contribution in [0.25, 0.3) is 11.3 Å². The van der Waals surface area contributed by atoms with E-state index in [2.05, 4.69) is 33.2 Å². The Labute approximate surface area is 231 Å². The number of rotatable bonds is 7. The standard InChI is InChI=1S/C28H32N6O4S/c1-17-3-2-9-34(17)16-23-25(20-4-5-22-19(13-20)8-12-38-22)31-28(39-23)32-26(35)21-14-30-24(15-29-21)33-10-6-18(7-11-33)27(36)37/h4-5,13-15,17-18H,2-3,6-12,16H2,1H3,(H,36,37)(H,31,32,35)/t17-/m1/s1. The number of hydrogen-bond acceptors (Lipinski definition) is 9. The number of anilines is 2. The van der Waals surface area contributed by atoms with Gasteiger partial charge in [0.05, 0.1) is 30.6 Å². The Morgan fingerprint density at radius 2 is 2.00 bits per heavy atom. The average molecular weight is 549 g/mol. The number of thiazole rings is 1. The molecule has 2 saturated heterocycles. The molecule has 11 heteroatoms. The van der Waals surface area contributed by atoms with E-state index in [4.69, 9.17) is 9.72 Å². The molecule has 39 heavy (non-hydrogen) atoms. The summed E-state index contributed by atoms with van der Waals surface area (Å²) in [7, 11) is 0. The van der Waals surface area contributed by atoms with Crippen molar-refractivity contribution >= 4 is 34.2 Å². The maximum atomic E-state index is 13.1. The highest BCUT2D eigenvalue weighted by atomic mass is 32.1. The van der Waals surface area contributed by atoms with E-state index in [0.717, 1.165) is 41.4 Å². The molecule has 204 valence electrons. The van der Waals surface area contributed by atoms with Gasteiger partial charge in [-0.3, -0.25) is 19.8 Å². The summed E-state index contributed by atoms with van der Waals surface area (Å²) >= 11 is 1.51. The first kappa shape index (κ1) is 25.7. The largest absolute Gasteiger partial charge is 0.493 e. The molecule has 6 rings (SSSR count). The number of nitrogens with zero attached hydrogens (tertiary/aromatic N) is 5. The molecular formula is C28H32N6O4S. The van der Waals surface area contributed by atoms with Crippen LogP contribution < -0.4 is 15.0 Å². The number of ether oxygens (including phenoxy) is 1. The topological polar surface area (TPSA) is 121 Å². The Morgan fingerprint density at radius 1 is 1.15 bits per heavy atom. The molecule has 1 aromatic carbocycles. The first-order valence-corrected chi connectivity index (χ1v) is 14.4. The zero-order chi connectivity index (χ0) is 26.9. The molecule has 0 unspecified atom stereocenters. The number of benzene rings is 1. The van der Waals surface area contributed by atoms with Crippen LogP contribution in [-0.2, 0) is 17.8 Å². The zero-order valence-electron chi connectivity index (χ0n) is 21.9. The molecule has 0 saturated carbocycles. The molecule has 2 fully saturated rings. The lowest BCUT2D eigenvalue weighted by molar-refractivity contribution is -0.142. The fourth-order valence-corrected chi connectivity index (χ4v) is 6.61. The summed E-state index contributed by atoms with van der Waals surface area (Å²) in [6, 6.07) is 6.74. The van der Waals surface area contributed by atoms with Gasteiger partial charge in [0.15, 0.2) is 5.13 Å². The lowest BCUT2D eigenvalue weighted by atomic mass is 9.97. The number of aliphatic carboxylic acids is 1. The van der Waals surface area contributed by atoms with Crippen LogP contribution in [0.15, 0.2) is 30.6 Å². The molecule has 0 bridgehead atoms. The molecule has 2 N–H and O–H groups in total. The van der Waals surface area contributed by atoms with Crippen LogP contribution in [-0.4, -0.2) is 69.1 Å². The van der Waals surface area contributed by atoms with Gasteiger partial charge in [-0.25, -0.2) is 15.0 Å². The van der Waals surface area contributed by atoms with Gasteiger partial charge in [-0.15, -0.1) is 0 Å². The molecular weight excluding hydrogens is 516 g/mol. The zero-order valence-corrected chi connectivity index (χ0v) is 22.7. The van der Waals surface area contributed by atoms with Gasteiger partial charge in [0.25, 0.3) is 5.91 Å². The predicted octanol–water partition coefficient (Wildman–Crippen LogP) is 4.07. The van der Waals surface area contributed by atoms with E-state index in [0.29, 0.717) is 49.5 Å². The molecule has 0 radical (unpaired) electrons. The second-order valence-electron chi connectivity index (χ2n) is 10.5. The molecule has 3 aliphatic rings. The number of piperidine rings is 1. The van der Waals surface area contributed by atoms with E-state index in [9.17, 15) is 14.7 Å². The van der Waals surface area contributed by atoms with Gasteiger partial charge in [0.1, 0.15) is 17.3 Å². The number of carboxylic acid groups (broad SMARTS) is 1. The van der Waals surface area contributed by atoms with Crippen molar-refractivity contribution < 1.29 is 19.4 Å². The maximum absolute atomic E-state index is 13.1. The molecule has 0 aliphatic carbocycles. The molecule has 1 atom stereocenters. The van der Waals surface area contributed by atoms with Crippen LogP contribution in [0, 0.1) is 5.92 Å². The van der Waals surface area contributed by atoms with Gasteiger partial charge < -0.3 is 14.7 Å². The SMILES string of the molecule is C[C@@H]1CCCN1Cc1sc(NC(=O)c2cnc(N3CCC(C(=O)O)CC3)cn2)nc1-c1ccc2c(c1)CCO2. The van der Waals surface area contributed by atoms with Crippen molar-refractivity contribution in [3.8, 4) is 17.0 Å². The summed E-state index contributed by atoms with van der Waals surface area (Å²) in [5, 5.41) is 12.7. The van der Waals surface area contributed by atoms with Crippen molar-refractivity contribution in [2.75, 3.05) is 36.5 Å². The number of fused-ring (bicyclic) bond motifs is 1. The second-order valence-corrected chi connectivity index (χ2v) is 11.6. The minimum Gasteiger partial charge on any atom is -0.493 e. The van der Waals surface area contributed by atoms with E-state index >= 15 is 0 Å². The van der Waals surface area contributed by atoms with Crippen molar-refractivity contribution in [1.82, 2.24) is 19.9 Å². The molecule has 5 heterocycles. The van der Waals surface area contributed by atoms with Crippen LogP contribution in [0.2, 0.25) is 0 Å². The van der Waals surface area contributed by atoms with Gasteiger partial charge in [-0.05, 0) is 62.9 Å². The van der Waals surface area contributed by atoms with E-state index in [1.807, 2.05) is 17.0 Å². The quantitative estimate of drug-likeness (QED) is 0.450. The number of hydrogen-bond donors (Lipinski definition) is 2. The monoisotopic (exact) mass is 548 g/mol. The van der Waals surface area contributed by atoms with Crippen molar-refractivity contribution in [2.24, 2.45) is 5.92 Å².